The number of nitro groups is 1. The molecule has 2 aromatic rings. The summed E-state index contributed by atoms with van der Waals surface area (Å²) in [6.07, 6.45) is 0. The molecule has 0 aliphatic carbocycles. The highest BCUT2D eigenvalue weighted by atomic mass is 32.2. The Morgan fingerprint density at radius 2 is 1.71 bits per heavy atom. The van der Waals surface area contributed by atoms with Crippen LogP contribution in [0.2, 0.25) is 0 Å². The van der Waals surface area contributed by atoms with Gasteiger partial charge >= 0.3 is 0 Å². The van der Waals surface area contributed by atoms with Crippen molar-refractivity contribution < 1.29 is 13.3 Å². The molecule has 8 heteroatoms. The highest BCUT2D eigenvalue weighted by Crippen LogP contribution is 2.30. The maximum Gasteiger partial charge on any atom is 0.292 e. The van der Waals surface area contributed by atoms with E-state index < -0.39 is 26.7 Å². The van der Waals surface area contributed by atoms with Gasteiger partial charge in [-0.25, -0.2) is 13.1 Å². The minimum Gasteiger partial charge on any atom is -0.323 e. The van der Waals surface area contributed by atoms with E-state index in [4.69, 9.17) is 5.73 Å². The number of nitrogens with zero attached hydrogens (tertiary/aromatic N) is 1. The van der Waals surface area contributed by atoms with E-state index in [1.807, 2.05) is 6.07 Å². The van der Waals surface area contributed by atoms with Crippen LogP contribution in [0.4, 0.5) is 5.69 Å². The van der Waals surface area contributed by atoms with E-state index in [2.05, 4.69) is 4.72 Å². The van der Waals surface area contributed by atoms with Gasteiger partial charge in [0.05, 0.1) is 4.92 Å². The lowest BCUT2D eigenvalue weighted by molar-refractivity contribution is -0.388. The largest absolute Gasteiger partial charge is 0.323 e. The fourth-order valence-electron chi connectivity index (χ4n) is 2.43. The molecule has 128 valence electrons. The predicted octanol–water partition coefficient (Wildman–Crippen LogP) is 2.19. The summed E-state index contributed by atoms with van der Waals surface area (Å²) in [5, 5.41) is 11.3. The van der Waals surface area contributed by atoms with Gasteiger partial charge in [-0.3, -0.25) is 10.1 Å². The van der Waals surface area contributed by atoms with E-state index in [0.29, 0.717) is 11.1 Å². The molecule has 7 nitrogen and oxygen atoms in total. The lowest BCUT2D eigenvalue weighted by atomic mass is 10.1. The summed E-state index contributed by atoms with van der Waals surface area (Å²) in [5.74, 6) is 0. The quantitative estimate of drug-likeness (QED) is 0.612. The van der Waals surface area contributed by atoms with Crippen LogP contribution in [0, 0.1) is 24.0 Å². The molecule has 0 radical (unpaired) electrons. The monoisotopic (exact) mass is 349 g/mol. The first-order chi connectivity index (χ1) is 11.2. The molecule has 0 amide bonds. The molecule has 0 aliphatic heterocycles. The summed E-state index contributed by atoms with van der Waals surface area (Å²) in [5.41, 5.74) is 6.96. The molecule has 0 bridgehead atoms. The maximum atomic E-state index is 12.6. The Morgan fingerprint density at radius 3 is 2.29 bits per heavy atom. The molecule has 0 fully saturated rings. The molecular formula is C16H19N3O4S. The second-order valence-corrected chi connectivity index (χ2v) is 7.21. The second-order valence-electron chi connectivity index (χ2n) is 5.50. The van der Waals surface area contributed by atoms with Crippen molar-refractivity contribution in [3.05, 3.63) is 69.3 Å². The van der Waals surface area contributed by atoms with Crippen molar-refractivity contribution in [2.75, 3.05) is 6.54 Å². The molecule has 1 unspecified atom stereocenters. The average Bonchev–Trinajstić information content (AvgIpc) is 2.55. The third kappa shape index (κ3) is 3.78. The number of nitro benzene ring substituents is 1. The molecule has 0 saturated carbocycles. The number of hydrogen-bond acceptors (Lipinski definition) is 5. The summed E-state index contributed by atoms with van der Waals surface area (Å²) < 4.78 is 27.6. The Bertz CT molecular complexity index is 851. The number of rotatable bonds is 6. The van der Waals surface area contributed by atoms with Crippen LogP contribution in [0.5, 0.6) is 0 Å². The summed E-state index contributed by atoms with van der Waals surface area (Å²) in [4.78, 5) is 10.3. The normalized spacial score (nSPS) is 12.8. The zero-order valence-corrected chi connectivity index (χ0v) is 14.2. The molecule has 0 aliphatic rings. The Balaban J connectivity index is 2.32. The SMILES string of the molecule is Cc1ccc(C)c(S(=O)(=O)NCC(N)c2ccccc2)c1[N+](=O)[O-]. The van der Waals surface area contributed by atoms with E-state index >= 15 is 0 Å². The van der Waals surface area contributed by atoms with Gasteiger partial charge in [0, 0.05) is 18.2 Å². The van der Waals surface area contributed by atoms with Gasteiger partial charge in [0.1, 0.15) is 0 Å². The van der Waals surface area contributed by atoms with Crippen molar-refractivity contribution in [2.24, 2.45) is 5.73 Å². The van der Waals surface area contributed by atoms with Gasteiger partial charge in [-0.2, -0.15) is 0 Å². The molecule has 2 aromatic carbocycles. The summed E-state index contributed by atoms with van der Waals surface area (Å²) in [7, 11) is -4.06. The molecule has 1 atom stereocenters. The number of aryl methyl sites for hydroxylation is 2. The third-order valence-corrected chi connectivity index (χ3v) is 5.30. The number of nitrogens with one attached hydrogen (secondary N) is 1. The van der Waals surface area contributed by atoms with Gasteiger partial charge in [-0.1, -0.05) is 42.5 Å². The van der Waals surface area contributed by atoms with Gasteiger partial charge in [-0.15, -0.1) is 0 Å². The molecule has 2 rings (SSSR count). The van der Waals surface area contributed by atoms with Crippen molar-refractivity contribution >= 4 is 15.7 Å². The molecule has 0 heterocycles. The Hall–Kier alpha value is -2.29. The van der Waals surface area contributed by atoms with E-state index in [9.17, 15) is 18.5 Å². The van der Waals surface area contributed by atoms with Crippen LogP contribution in [0.3, 0.4) is 0 Å². The van der Waals surface area contributed by atoms with Gasteiger partial charge in [0.15, 0.2) is 4.90 Å². The summed E-state index contributed by atoms with van der Waals surface area (Å²) in [6, 6.07) is 11.6. The molecular weight excluding hydrogens is 330 g/mol. The van der Waals surface area contributed by atoms with Crippen LogP contribution < -0.4 is 10.5 Å². The van der Waals surface area contributed by atoms with Gasteiger partial charge < -0.3 is 5.73 Å². The van der Waals surface area contributed by atoms with E-state index in [1.54, 1.807) is 30.3 Å². The molecule has 0 spiro atoms. The first kappa shape index (κ1) is 18.1. The number of hydrogen-bond donors (Lipinski definition) is 2. The average molecular weight is 349 g/mol. The first-order valence-corrected chi connectivity index (χ1v) is 8.77. The van der Waals surface area contributed by atoms with Crippen LogP contribution in [0.15, 0.2) is 47.4 Å². The van der Waals surface area contributed by atoms with Crippen molar-refractivity contribution in [1.82, 2.24) is 4.72 Å². The molecule has 3 N–H and O–H groups in total. The lowest BCUT2D eigenvalue weighted by Crippen LogP contribution is -2.32. The Labute approximate surface area is 140 Å². The minimum atomic E-state index is -4.06. The van der Waals surface area contributed by atoms with E-state index in [-0.39, 0.29) is 11.4 Å². The van der Waals surface area contributed by atoms with E-state index in [1.165, 1.54) is 19.9 Å². The fraction of sp³-hybridized carbons (Fsp3) is 0.250. The topological polar surface area (TPSA) is 115 Å². The smallest absolute Gasteiger partial charge is 0.292 e. The van der Waals surface area contributed by atoms with Crippen molar-refractivity contribution in [1.29, 1.82) is 0 Å². The Morgan fingerprint density at radius 1 is 1.12 bits per heavy atom. The lowest BCUT2D eigenvalue weighted by Gasteiger charge is -2.15. The Kier molecular flexibility index (Phi) is 5.33. The second kappa shape index (κ2) is 7.08. The van der Waals surface area contributed by atoms with Crippen LogP contribution >= 0.6 is 0 Å². The first-order valence-electron chi connectivity index (χ1n) is 7.29. The summed E-state index contributed by atoms with van der Waals surface area (Å²) >= 11 is 0. The van der Waals surface area contributed by atoms with Crippen LogP contribution in [-0.2, 0) is 10.0 Å². The van der Waals surface area contributed by atoms with Crippen LogP contribution in [0.1, 0.15) is 22.7 Å². The summed E-state index contributed by atoms with van der Waals surface area (Å²) in [6.45, 7) is 2.97. The van der Waals surface area contributed by atoms with Crippen LogP contribution in [0.25, 0.3) is 0 Å². The van der Waals surface area contributed by atoms with Crippen molar-refractivity contribution in [2.45, 2.75) is 24.8 Å². The molecule has 0 aromatic heterocycles. The number of nitrogens with two attached hydrogens (primary N) is 1. The van der Waals surface area contributed by atoms with Gasteiger partial charge in [0.25, 0.3) is 5.69 Å². The third-order valence-electron chi connectivity index (χ3n) is 3.70. The minimum absolute atomic E-state index is 0.0586. The fourth-order valence-corrected chi connectivity index (χ4v) is 3.95. The maximum absolute atomic E-state index is 12.6. The van der Waals surface area contributed by atoms with Gasteiger partial charge in [0.2, 0.25) is 10.0 Å². The standard InChI is InChI=1S/C16H19N3O4S/c1-11-8-9-12(2)16(15(11)19(20)21)24(22,23)18-10-14(17)13-6-4-3-5-7-13/h3-9,14,18H,10,17H2,1-2H3. The zero-order valence-electron chi connectivity index (χ0n) is 13.4. The number of sulfonamides is 1. The highest BCUT2D eigenvalue weighted by molar-refractivity contribution is 7.89. The highest BCUT2D eigenvalue weighted by Gasteiger charge is 2.30. The number of benzene rings is 2. The van der Waals surface area contributed by atoms with Crippen molar-refractivity contribution in [3.63, 3.8) is 0 Å². The molecule has 24 heavy (non-hydrogen) atoms. The van der Waals surface area contributed by atoms with Crippen LogP contribution in [-0.4, -0.2) is 19.9 Å². The van der Waals surface area contributed by atoms with Crippen molar-refractivity contribution in [3.8, 4) is 0 Å². The van der Waals surface area contributed by atoms with Gasteiger partial charge in [-0.05, 0) is 25.0 Å². The van der Waals surface area contributed by atoms with E-state index in [0.717, 1.165) is 5.56 Å². The molecule has 0 saturated heterocycles. The predicted molar refractivity (Wildman–Crippen MR) is 91.1 cm³/mol. The zero-order chi connectivity index (χ0) is 17.9.